The number of nitrogens with zero attached hydrogens (tertiary/aromatic N) is 5. The van der Waals surface area contributed by atoms with Crippen molar-refractivity contribution in [1.82, 2.24) is 19.6 Å². The lowest BCUT2D eigenvalue weighted by Gasteiger charge is -2.36. The standard InChI is InChI=1S/C15H21BrN6S2.HI/c1-3-13-19-15(24-20-13)22-6-4-21(5-7-22)14(17-2)18-9-12-8-11(16)10-23-12;/h8,10H,3-7,9H2,1-2H3,(H,17,18);1H. The Labute approximate surface area is 182 Å². The Morgan fingerprint density at radius 1 is 1.36 bits per heavy atom. The first kappa shape index (κ1) is 20.8. The molecule has 25 heavy (non-hydrogen) atoms. The molecule has 0 amide bonds. The van der Waals surface area contributed by atoms with Gasteiger partial charge in [0.15, 0.2) is 5.96 Å². The molecule has 0 spiro atoms. The monoisotopic (exact) mass is 556 g/mol. The molecule has 1 fully saturated rings. The smallest absolute Gasteiger partial charge is 0.205 e. The van der Waals surface area contributed by atoms with Crippen molar-refractivity contribution in [2.45, 2.75) is 19.9 Å². The van der Waals surface area contributed by atoms with Crippen LogP contribution in [0.3, 0.4) is 0 Å². The quantitative estimate of drug-likeness (QED) is 0.355. The summed E-state index contributed by atoms with van der Waals surface area (Å²) in [5.41, 5.74) is 0. The van der Waals surface area contributed by atoms with Crippen LogP contribution in [0.4, 0.5) is 5.13 Å². The molecule has 3 rings (SSSR count). The molecule has 2 aromatic rings. The van der Waals surface area contributed by atoms with E-state index in [2.05, 4.69) is 63.8 Å². The maximum Gasteiger partial charge on any atom is 0.205 e. The van der Waals surface area contributed by atoms with Gasteiger partial charge in [-0.05, 0) is 22.0 Å². The molecule has 1 saturated heterocycles. The van der Waals surface area contributed by atoms with Crippen LogP contribution >= 0.6 is 62.8 Å². The van der Waals surface area contributed by atoms with Crippen molar-refractivity contribution in [2.24, 2.45) is 4.99 Å². The average molecular weight is 557 g/mol. The molecule has 0 bridgehead atoms. The number of rotatable bonds is 4. The summed E-state index contributed by atoms with van der Waals surface area (Å²) in [7, 11) is 1.84. The predicted molar refractivity (Wildman–Crippen MR) is 121 cm³/mol. The van der Waals surface area contributed by atoms with Crippen molar-refractivity contribution in [1.29, 1.82) is 0 Å². The maximum absolute atomic E-state index is 4.59. The number of hydrogen-bond acceptors (Lipinski definition) is 6. The largest absolute Gasteiger partial charge is 0.351 e. The average Bonchev–Trinajstić information content (AvgIpc) is 3.25. The summed E-state index contributed by atoms with van der Waals surface area (Å²) in [5.74, 6) is 1.91. The number of halogens is 2. The van der Waals surface area contributed by atoms with Crippen LogP contribution < -0.4 is 10.2 Å². The Morgan fingerprint density at radius 2 is 2.12 bits per heavy atom. The summed E-state index contributed by atoms with van der Waals surface area (Å²) in [4.78, 5) is 14.9. The number of piperazine rings is 1. The molecule has 1 aliphatic heterocycles. The van der Waals surface area contributed by atoms with Crippen LogP contribution in [0, 0.1) is 0 Å². The highest BCUT2D eigenvalue weighted by molar-refractivity contribution is 14.0. The second-order valence-corrected chi connectivity index (χ2v) is 8.09. The number of guanidine groups is 1. The van der Waals surface area contributed by atoms with Gasteiger partial charge in [-0.1, -0.05) is 6.92 Å². The second-order valence-electron chi connectivity index (χ2n) is 5.45. The molecule has 3 heterocycles. The Balaban J connectivity index is 0.00000225. The van der Waals surface area contributed by atoms with Crippen LogP contribution in [-0.4, -0.2) is 53.4 Å². The Bertz CT molecular complexity index is 696. The van der Waals surface area contributed by atoms with Crippen molar-refractivity contribution < 1.29 is 0 Å². The first-order chi connectivity index (χ1) is 11.7. The van der Waals surface area contributed by atoms with E-state index in [1.807, 2.05) is 7.05 Å². The van der Waals surface area contributed by atoms with E-state index in [0.29, 0.717) is 0 Å². The van der Waals surface area contributed by atoms with E-state index < -0.39 is 0 Å². The molecule has 10 heteroatoms. The van der Waals surface area contributed by atoms with Gasteiger partial charge in [0, 0.05) is 65.9 Å². The number of anilines is 1. The molecular weight excluding hydrogens is 535 g/mol. The van der Waals surface area contributed by atoms with Crippen LogP contribution in [0.5, 0.6) is 0 Å². The van der Waals surface area contributed by atoms with Crippen molar-refractivity contribution in [3.8, 4) is 0 Å². The molecule has 1 N–H and O–H groups in total. The fraction of sp³-hybridized carbons (Fsp3) is 0.533. The highest BCUT2D eigenvalue weighted by atomic mass is 127. The van der Waals surface area contributed by atoms with Crippen molar-refractivity contribution in [3.63, 3.8) is 0 Å². The number of thiophene rings is 1. The zero-order valence-electron chi connectivity index (χ0n) is 14.2. The van der Waals surface area contributed by atoms with Gasteiger partial charge in [-0.3, -0.25) is 4.99 Å². The van der Waals surface area contributed by atoms with Crippen molar-refractivity contribution in [2.75, 3.05) is 38.1 Å². The molecular formula is C15H22BrIN6S2. The highest BCUT2D eigenvalue weighted by Gasteiger charge is 2.22. The topological polar surface area (TPSA) is 56.7 Å². The zero-order chi connectivity index (χ0) is 16.9. The number of aliphatic imine (C=N–C) groups is 1. The van der Waals surface area contributed by atoms with E-state index in [0.717, 1.165) is 60.5 Å². The van der Waals surface area contributed by atoms with Gasteiger partial charge in [0.1, 0.15) is 5.82 Å². The zero-order valence-corrected chi connectivity index (χ0v) is 19.8. The number of nitrogens with one attached hydrogen (secondary N) is 1. The summed E-state index contributed by atoms with van der Waals surface area (Å²) in [6.45, 7) is 6.67. The lowest BCUT2D eigenvalue weighted by molar-refractivity contribution is 0.372. The van der Waals surface area contributed by atoms with Crippen molar-refractivity contribution in [3.05, 3.63) is 26.6 Å². The van der Waals surface area contributed by atoms with Crippen LogP contribution in [0.2, 0.25) is 0 Å². The molecule has 138 valence electrons. The minimum absolute atomic E-state index is 0. The molecule has 0 aromatic carbocycles. The normalized spacial score (nSPS) is 15.2. The van der Waals surface area contributed by atoms with Crippen LogP contribution in [0.15, 0.2) is 20.9 Å². The van der Waals surface area contributed by atoms with Gasteiger partial charge in [-0.25, -0.2) is 4.98 Å². The summed E-state index contributed by atoms with van der Waals surface area (Å²) >= 11 is 6.74. The molecule has 0 aliphatic carbocycles. The van der Waals surface area contributed by atoms with E-state index in [1.54, 1.807) is 11.3 Å². The third-order valence-corrected chi connectivity index (χ3v) is 6.39. The first-order valence-corrected chi connectivity index (χ1v) is 10.4. The SMILES string of the molecule is CCc1nsc(N2CCN(C(=NC)NCc3cc(Br)cs3)CC2)n1.I. The van der Waals surface area contributed by atoms with E-state index in [-0.39, 0.29) is 24.0 Å². The fourth-order valence-electron chi connectivity index (χ4n) is 2.57. The summed E-state index contributed by atoms with van der Waals surface area (Å²) < 4.78 is 5.52. The second kappa shape index (κ2) is 10.0. The predicted octanol–water partition coefficient (Wildman–Crippen LogP) is 3.44. The highest BCUT2D eigenvalue weighted by Crippen LogP contribution is 2.20. The Hall–Kier alpha value is -0.460. The molecule has 0 unspecified atom stereocenters. The van der Waals surface area contributed by atoms with E-state index in [4.69, 9.17) is 0 Å². The third kappa shape index (κ3) is 5.51. The third-order valence-electron chi connectivity index (χ3n) is 3.88. The minimum atomic E-state index is 0. The molecule has 2 aromatic heterocycles. The van der Waals surface area contributed by atoms with Crippen LogP contribution in [0.25, 0.3) is 0 Å². The van der Waals surface area contributed by atoms with E-state index >= 15 is 0 Å². The maximum atomic E-state index is 4.59. The lowest BCUT2D eigenvalue weighted by Crippen LogP contribution is -2.52. The fourth-order valence-corrected chi connectivity index (χ4v) is 4.76. The van der Waals surface area contributed by atoms with Crippen molar-refractivity contribution >= 4 is 73.9 Å². The van der Waals surface area contributed by atoms with Gasteiger partial charge >= 0.3 is 0 Å². The van der Waals surface area contributed by atoms with Gasteiger partial charge in [0.25, 0.3) is 0 Å². The molecule has 0 radical (unpaired) electrons. The minimum Gasteiger partial charge on any atom is -0.351 e. The van der Waals surface area contributed by atoms with E-state index in [1.165, 1.54) is 16.4 Å². The lowest BCUT2D eigenvalue weighted by atomic mass is 10.3. The van der Waals surface area contributed by atoms with Gasteiger partial charge in [0.05, 0.1) is 6.54 Å². The summed E-state index contributed by atoms with van der Waals surface area (Å²) in [6.07, 6.45) is 0.895. The van der Waals surface area contributed by atoms with Gasteiger partial charge in [0.2, 0.25) is 5.13 Å². The molecule has 0 saturated carbocycles. The number of aromatic nitrogens is 2. The number of aryl methyl sites for hydroxylation is 1. The van der Waals surface area contributed by atoms with Gasteiger partial charge in [-0.2, -0.15) is 4.37 Å². The van der Waals surface area contributed by atoms with Gasteiger partial charge < -0.3 is 15.1 Å². The summed E-state index contributed by atoms with van der Waals surface area (Å²) in [6, 6.07) is 2.14. The first-order valence-electron chi connectivity index (χ1n) is 7.95. The van der Waals surface area contributed by atoms with Gasteiger partial charge in [-0.15, -0.1) is 35.3 Å². The summed E-state index contributed by atoms with van der Waals surface area (Å²) in [5, 5.41) is 6.60. The number of hydrogen-bond donors (Lipinski definition) is 1. The Kier molecular flexibility index (Phi) is 8.36. The van der Waals surface area contributed by atoms with Crippen LogP contribution in [0.1, 0.15) is 17.6 Å². The van der Waals surface area contributed by atoms with Crippen LogP contribution in [-0.2, 0) is 13.0 Å². The van der Waals surface area contributed by atoms with E-state index in [9.17, 15) is 0 Å². The molecule has 6 nitrogen and oxygen atoms in total. The molecule has 1 aliphatic rings. The molecule has 0 atom stereocenters. The Morgan fingerprint density at radius 3 is 2.68 bits per heavy atom.